The molecule has 1 fully saturated rings. The zero-order chi connectivity index (χ0) is 10.4. The first kappa shape index (κ1) is 11.3. The highest BCUT2D eigenvalue weighted by Gasteiger charge is 2.20. The van der Waals surface area contributed by atoms with Crippen molar-refractivity contribution in [3.8, 4) is 0 Å². The number of hydrogen-bond acceptors (Lipinski definition) is 2. The molecule has 1 saturated carbocycles. The van der Waals surface area contributed by atoms with E-state index >= 15 is 0 Å². The quantitative estimate of drug-likeness (QED) is 0.510. The van der Waals surface area contributed by atoms with Crippen LogP contribution in [0.3, 0.4) is 0 Å². The molecule has 0 radical (unpaired) electrons. The van der Waals surface area contributed by atoms with Gasteiger partial charge in [0.2, 0.25) is 0 Å². The smallest absolute Gasteiger partial charge is 0.330 e. The van der Waals surface area contributed by atoms with Crippen molar-refractivity contribution < 1.29 is 9.53 Å². The number of hydrogen-bond donors (Lipinski definition) is 0. The van der Waals surface area contributed by atoms with Crippen molar-refractivity contribution in [2.24, 2.45) is 11.8 Å². The van der Waals surface area contributed by atoms with Gasteiger partial charge in [-0.1, -0.05) is 32.8 Å². The van der Waals surface area contributed by atoms with E-state index in [1.165, 1.54) is 38.2 Å². The Morgan fingerprint density at radius 1 is 1.36 bits per heavy atom. The molecule has 1 aliphatic rings. The van der Waals surface area contributed by atoms with Crippen LogP contribution in [0.2, 0.25) is 0 Å². The van der Waals surface area contributed by atoms with E-state index < -0.39 is 0 Å². The Bertz CT molecular complexity index is 190. The molecule has 0 unspecified atom stereocenters. The van der Waals surface area contributed by atoms with Gasteiger partial charge in [0.25, 0.3) is 0 Å². The Kier molecular flexibility index (Phi) is 4.71. The number of rotatable bonds is 4. The summed E-state index contributed by atoms with van der Waals surface area (Å²) in [5.74, 6) is 1.20. The molecule has 0 saturated heterocycles. The monoisotopic (exact) mass is 196 g/mol. The fourth-order valence-electron chi connectivity index (χ4n) is 2.07. The number of carbonyl (C=O) groups is 1. The van der Waals surface area contributed by atoms with Gasteiger partial charge in [0, 0.05) is 6.08 Å². The lowest BCUT2D eigenvalue weighted by Crippen LogP contribution is -2.19. The van der Waals surface area contributed by atoms with E-state index in [0.717, 1.165) is 5.92 Å². The second-order valence-corrected chi connectivity index (χ2v) is 4.13. The molecule has 0 aromatic rings. The van der Waals surface area contributed by atoms with E-state index in [2.05, 4.69) is 13.5 Å². The van der Waals surface area contributed by atoms with Crippen molar-refractivity contribution in [3.63, 3.8) is 0 Å². The average Bonchev–Trinajstić information content (AvgIpc) is 2.26. The summed E-state index contributed by atoms with van der Waals surface area (Å²) < 4.78 is 5.04. The van der Waals surface area contributed by atoms with Gasteiger partial charge in [-0.05, 0) is 24.7 Å². The van der Waals surface area contributed by atoms with Crippen LogP contribution in [0.5, 0.6) is 0 Å². The molecule has 80 valence electrons. The molecular weight excluding hydrogens is 176 g/mol. The summed E-state index contributed by atoms with van der Waals surface area (Å²) in [5.41, 5.74) is 0. The first-order chi connectivity index (χ1) is 6.76. The Balaban J connectivity index is 2.16. The van der Waals surface area contributed by atoms with Gasteiger partial charge in [0.15, 0.2) is 0 Å². The highest BCUT2D eigenvalue weighted by atomic mass is 16.5. The molecule has 0 bridgehead atoms. The zero-order valence-corrected chi connectivity index (χ0v) is 9.00. The van der Waals surface area contributed by atoms with Gasteiger partial charge in [-0.3, -0.25) is 0 Å². The maximum Gasteiger partial charge on any atom is 0.330 e. The van der Waals surface area contributed by atoms with Crippen molar-refractivity contribution >= 4 is 5.97 Å². The summed E-state index contributed by atoms with van der Waals surface area (Å²) in [6.07, 6.45) is 7.54. The summed E-state index contributed by atoms with van der Waals surface area (Å²) in [6, 6.07) is 0. The molecule has 0 atom stereocenters. The third-order valence-corrected chi connectivity index (χ3v) is 3.17. The Morgan fingerprint density at radius 3 is 2.43 bits per heavy atom. The van der Waals surface area contributed by atoms with Gasteiger partial charge in [-0.2, -0.15) is 0 Å². The van der Waals surface area contributed by atoms with E-state index in [4.69, 9.17) is 4.74 Å². The second kappa shape index (κ2) is 5.84. The third kappa shape index (κ3) is 3.52. The van der Waals surface area contributed by atoms with E-state index in [1.54, 1.807) is 0 Å². The second-order valence-electron chi connectivity index (χ2n) is 4.13. The minimum Gasteiger partial charge on any atom is -0.462 e. The maximum atomic E-state index is 10.8. The zero-order valence-electron chi connectivity index (χ0n) is 9.00. The lowest BCUT2D eigenvalue weighted by Gasteiger charge is -2.27. The minimum absolute atomic E-state index is 0.289. The summed E-state index contributed by atoms with van der Waals surface area (Å²) in [4.78, 5) is 10.8. The number of esters is 1. The summed E-state index contributed by atoms with van der Waals surface area (Å²) >= 11 is 0. The summed E-state index contributed by atoms with van der Waals surface area (Å²) in [5, 5.41) is 0. The third-order valence-electron chi connectivity index (χ3n) is 3.17. The summed E-state index contributed by atoms with van der Waals surface area (Å²) in [7, 11) is 0. The van der Waals surface area contributed by atoms with Crippen molar-refractivity contribution in [3.05, 3.63) is 12.7 Å². The molecular formula is C12H20O2. The van der Waals surface area contributed by atoms with Crippen LogP contribution in [0.25, 0.3) is 0 Å². The average molecular weight is 196 g/mol. The van der Waals surface area contributed by atoms with Gasteiger partial charge in [0.05, 0.1) is 6.61 Å². The molecule has 2 heteroatoms. The Labute approximate surface area is 86.3 Å². The molecule has 0 aliphatic heterocycles. The first-order valence-electron chi connectivity index (χ1n) is 5.55. The highest BCUT2D eigenvalue weighted by molar-refractivity contribution is 5.81. The first-order valence-corrected chi connectivity index (χ1v) is 5.55. The van der Waals surface area contributed by atoms with Crippen LogP contribution >= 0.6 is 0 Å². The topological polar surface area (TPSA) is 26.3 Å². The minimum atomic E-state index is -0.289. The lowest BCUT2D eigenvalue weighted by atomic mass is 9.81. The number of ether oxygens (including phenoxy) is 1. The van der Waals surface area contributed by atoms with Gasteiger partial charge >= 0.3 is 5.97 Å². The largest absolute Gasteiger partial charge is 0.462 e. The molecule has 1 rings (SSSR count). The number of carbonyl (C=O) groups excluding carboxylic acids is 1. The fraction of sp³-hybridized carbons (Fsp3) is 0.750. The van der Waals surface area contributed by atoms with Crippen LogP contribution in [0, 0.1) is 11.8 Å². The van der Waals surface area contributed by atoms with Crippen molar-refractivity contribution in [1.29, 1.82) is 0 Å². The fourth-order valence-corrected chi connectivity index (χ4v) is 2.07. The predicted molar refractivity (Wildman–Crippen MR) is 56.9 cm³/mol. The van der Waals surface area contributed by atoms with Crippen molar-refractivity contribution in [2.75, 3.05) is 6.61 Å². The Morgan fingerprint density at radius 2 is 1.93 bits per heavy atom. The maximum absolute atomic E-state index is 10.8. The van der Waals surface area contributed by atoms with E-state index in [9.17, 15) is 4.79 Å². The molecule has 0 amide bonds. The predicted octanol–water partition coefficient (Wildman–Crippen LogP) is 2.93. The molecule has 0 heterocycles. The van der Waals surface area contributed by atoms with Crippen LogP contribution in [0.1, 0.15) is 39.0 Å². The van der Waals surface area contributed by atoms with E-state index in [-0.39, 0.29) is 5.97 Å². The van der Waals surface area contributed by atoms with Crippen molar-refractivity contribution in [2.45, 2.75) is 39.0 Å². The van der Waals surface area contributed by atoms with Crippen LogP contribution in [0.15, 0.2) is 12.7 Å². The van der Waals surface area contributed by atoms with Crippen LogP contribution < -0.4 is 0 Å². The van der Waals surface area contributed by atoms with Gasteiger partial charge in [-0.25, -0.2) is 4.79 Å². The van der Waals surface area contributed by atoms with Crippen LogP contribution in [0.4, 0.5) is 0 Å². The van der Waals surface area contributed by atoms with Crippen LogP contribution in [-0.2, 0) is 9.53 Å². The van der Waals surface area contributed by atoms with Crippen LogP contribution in [-0.4, -0.2) is 12.6 Å². The normalized spacial score (nSPS) is 26.9. The van der Waals surface area contributed by atoms with Gasteiger partial charge in [-0.15, -0.1) is 0 Å². The standard InChI is InChI=1S/C12H20O2/c1-3-10-5-7-11(8-6-10)9-14-12(13)4-2/h4,10-11H,2-3,5-9H2,1H3. The SMILES string of the molecule is C=CC(=O)OCC1CCC(CC)CC1. The summed E-state index contributed by atoms with van der Waals surface area (Å²) in [6.45, 7) is 6.21. The molecule has 0 aromatic carbocycles. The van der Waals surface area contributed by atoms with Gasteiger partial charge in [0.1, 0.15) is 0 Å². The van der Waals surface area contributed by atoms with Crippen molar-refractivity contribution in [1.82, 2.24) is 0 Å². The molecule has 1 aliphatic carbocycles. The molecule has 0 N–H and O–H groups in total. The van der Waals surface area contributed by atoms with E-state index in [1.807, 2.05) is 0 Å². The van der Waals surface area contributed by atoms with Gasteiger partial charge < -0.3 is 4.74 Å². The lowest BCUT2D eigenvalue weighted by molar-refractivity contribution is -0.139. The molecule has 0 spiro atoms. The molecule has 2 nitrogen and oxygen atoms in total. The van der Waals surface area contributed by atoms with E-state index in [0.29, 0.717) is 12.5 Å². The Hall–Kier alpha value is -0.790. The molecule has 0 aromatic heterocycles. The molecule has 14 heavy (non-hydrogen) atoms. The highest BCUT2D eigenvalue weighted by Crippen LogP contribution is 2.30.